The van der Waals surface area contributed by atoms with E-state index in [2.05, 4.69) is 28.2 Å². The number of carbonyl (C=O) groups excluding carboxylic acids is 1. The zero-order valence-corrected chi connectivity index (χ0v) is 15.6. The number of hydrogen-bond donors (Lipinski definition) is 0. The number of amides is 1. The largest absolute Gasteiger partial charge is 0.342 e. The molecule has 0 saturated carbocycles. The fourth-order valence-corrected chi connectivity index (χ4v) is 5.13. The van der Waals surface area contributed by atoms with Gasteiger partial charge in [-0.2, -0.15) is 0 Å². The molecule has 3 heterocycles. The molecular weight excluding hydrogens is 350 g/mol. The van der Waals surface area contributed by atoms with E-state index in [1.54, 1.807) is 29.4 Å². The molecule has 1 amide bonds. The molecule has 1 aliphatic heterocycles. The Balaban J connectivity index is 1.61. The molecule has 4 nitrogen and oxygen atoms in total. The summed E-state index contributed by atoms with van der Waals surface area (Å²) in [6.45, 7) is 3.75. The number of nitrogens with zero attached hydrogens (tertiary/aromatic N) is 3. The number of likely N-dealkylation sites (tertiary alicyclic amines) is 1. The number of benzene rings is 1. The molecule has 1 atom stereocenters. The number of hydrogen-bond acceptors (Lipinski definition) is 5. The van der Waals surface area contributed by atoms with Gasteiger partial charge in [-0.25, -0.2) is 9.97 Å². The Morgan fingerprint density at radius 3 is 2.72 bits per heavy atom. The summed E-state index contributed by atoms with van der Waals surface area (Å²) in [6, 6.07) is 12.4. The van der Waals surface area contributed by atoms with Gasteiger partial charge >= 0.3 is 0 Å². The number of aromatic nitrogens is 2. The highest BCUT2D eigenvalue weighted by Crippen LogP contribution is 2.37. The van der Waals surface area contributed by atoms with E-state index in [1.165, 1.54) is 10.4 Å². The van der Waals surface area contributed by atoms with Crippen molar-refractivity contribution < 1.29 is 4.79 Å². The molecule has 25 heavy (non-hydrogen) atoms. The van der Waals surface area contributed by atoms with Crippen molar-refractivity contribution in [3.63, 3.8) is 0 Å². The van der Waals surface area contributed by atoms with E-state index in [0.29, 0.717) is 0 Å². The quantitative estimate of drug-likeness (QED) is 0.503. The molecule has 1 saturated heterocycles. The summed E-state index contributed by atoms with van der Waals surface area (Å²) in [7, 11) is 0. The Labute approximate surface area is 155 Å². The van der Waals surface area contributed by atoms with E-state index in [1.807, 2.05) is 30.0 Å². The number of rotatable bonds is 4. The third-order valence-corrected chi connectivity index (χ3v) is 6.60. The van der Waals surface area contributed by atoms with Gasteiger partial charge in [-0.3, -0.25) is 4.79 Å². The van der Waals surface area contributed by atoms with Crippen LogP contribution in [0.4, 0.5) is 0 Å². The summed E-state index contributed by atoms with van der Waals surface area (Å²) >= 11 is 3.21. The molecule has 0 radical (unpaired) electrons. The maximum absolute atomic E-state index is 12.6. The summed E-state index contributed by atoms with van der Waals surface area (Å²) in [5.41, 5.74) is 1.18. The van der Waals surface area contributed by atoms with Gasteiger partial charge in [0.05, 0.1) is 5.25 Å². The van der Waals surface area contributed by atoms with Gasteiger partial charge in [0.1, 0.15) is 16.2 Å². The lowest BCUT2D eigenvalue weighted by atomic mass is 10.2. The fourth-order valence-electron chi connectivity index (χ4n) is 3.08. The van der Waals surface area contributed by atoms with Crippen LogP contribution < -0.4 is 0 Å². The molecule has 1 unspecified atom stereocenters. The first-order valence-electron chi connectivity index (χ1n) is 8.48. The van der Waals surface area contributed by atoms with Crippen molar-refractivity contribution in [2.75, 3.05) is 13.1 Å². The molecule has 0 spiro atoms. The number of thiophene rings is 1. The third kappa shape index (κ3) is 3.41. The van der Waals surface area contributed by atoms with Crippen molar-refractivity contribution in [3.8, 4) is 10.4 Å². The van der Waals surface area contributed by atoms with Crippen molar-refractivity contribution in [2.24, 2.45) is 0 Å². The van der Waals surface area contributed by atoms with Gasteiger partial charge in [-0.1, -0.05) is 42.1 Å². The molecule has 0 N–H and O–H groups in total. The number of thioether (sulfide) groups is 1. The van der Waals surface area contributed by atoms with Crippen LogP contribution in [0.3, 0.4) is 0 Å². The minimum atomic E-state index is -0.128. The monoisotopic (exact) mass is 369 g/mol. The summed E-state index contributed by atoms with van der Waals surface area (Å²) in [6.07, 6.45) is 3.83. The van der Waals surface area contributed by atoms with Gasteiger partial charge in [0, 0.05) is 23.4 Å². The first kappa shape index (κ1) is 16.5. The highest BCUT2D eigenvalue weighted by Gasteiger charge is 2.25. The van der Waals surface area contributed by atoms with Crippen molar-refractivity contribution in [2.45, 2.75) is 30.0 Å². The molecule has 6 heteroatoms. The van der Waals surface area contributed by atoms with Crippen molar-refractivity contribution in [3.05, 3.63) is 42.7 Å². The topological polar surface area (TPSA) is 46.1 Å². The van der Waals surface area contributed by atoms with E-state index in [4.69, 9.17) is 0 Å². The Hall–Kier alpha value is -1.92. The molecule has 128 valence electrons. The molecule has 0 aliphatic carbocycles. The van der Waals surface area contributed by atoms with Crippen LogP contribution in [0.25, 0.3) is 20.7 Å². The molecule has 4 rings (SSSR count). The lowest BCUT2D eigenvalue weighted by Gasteiger charge is -2.19. The maximum Gasteiger partial charge on any atom is 0.235 e. The van der Waals surface area contributed by atoms with E-state index < -0.39 is 0 Å². The normalized spacial score (nSPS) is 15.6. The van der Waals surface area contributed by atoms with Crippen LogP contribution in [0.2, 0.25) is 0 Å². The van der Waals surface area contributed by atoms with Crippen LogP contribution in [-0.4, -0.2) is 39.1 Å². The summed E-state index contributed by atoms with van der Waals surface area (Å²) in [5.74, 6) is 0.216. The minimum absolute atomic E-state index is 0.128. The summed E-state index contributed by atoms with van der Waals surface area (Å²) < 4.78 is 0. The van der Waals surface area contributed by atoms with Crippen LogP contribution >= 0.6 is 23.1 Å². The first-order chi connectivity index (χ1) is 12.2. The van der Waals surface area contributed by atoms with Crippen LogP contribution in [0.1, 0.15) is 19.8 Å². The van der Waals surface area contributed by atoms with Gasteiger partial charge in [-0.05, 0) is 31.4 Å². The number of carbonyl (C=O) groups is 1. The third-order valence-electron chi connectivity index (χ3n) is 4.41. The molecule has 2 aromatic heterocycles. The Bertz CT molecular complexity index is 888. The van der Waals surface area contributed by atoms with Crippen molar-refractivity contribution in [1.82, 2.24) is 14.9 Å². The highest BCUT2D eigenvalue weighted by atomic mass is 32.2. The summed E-state index contributed by atoms with van der Waals surface area (Å²) in [4.78, 5) is 25.6. The highest BCUT2D eigenvalue weighted by molar-refractivity contribution is 8.00. The molecular formula is C19H19N3OS2. The zero-order chi connectivity index (χ0) is 17.2. The van der Waals surface area contributed by atoms with Crippen LogP contribution in [-0.2, 0) is 4.79 Å². The predicted octanol–water partition coefficient (Wildman–Crippen LogP) is 4.46. The van der Waals surface area contributed by atoms with Gasteiger partial charge in [-0.15, -0.1) is 11.3 Å². The first-order valence-corrected chi connectivity index (χ1v) is 10.2. The number of fused-ring (bicyclic) bond motifs is 1. The van der Waals surface area contributed by atoms with Crippen molar-refractivity contribution in [1.29, 1.82) is 0 Å². The smallest absolute Gasteiger partial charge is 0.235 e. The second kappa shape index (κ2) is 7.14. The predicted molar refractivity (Wildman–Crippen MR) is 104 cm³/mol. The van der Waals surface area contributed by atoms with E-state index >= 15 is 0 Å². The Kier molecular flexibility index (Phi) is 4.72. The van der Waals surface area contributed by atoms with Gasteiger partial charge < -0.3 is 4.90 Å². The SMILES string of the molecule is CC(Sc1ncnc2sc(-c3ccccc3)cc12)C(=O)N1CCCC1. The lowest BCUT2D eigenvalue weighted by Crippen LogP contribution is -2.34. The van der Waals surface area contributed by atoms with Crippen LogP contribution in [0.5, 0.6) is 0 Å². The van der Waals surface area contributed by atoms with Gasteiger partial charge in [0.2, 0.25) is 5.91 Å². The van der Waals surface area contributed by atoms with Crippen LogP contribution in [0, 0.1) is 0 Å². The Morgan fingerprint density at radius 1 is 1.20 bits per heavy atom. The summed E-state index contributed by atoms with van der Waals surface area (Å²) in [5, 5.41) is 1.80. The van der Waals surface area contributed by atoms with Gasteiger partial charge in [0.25, 0.3) is 0 Å². The lowest BCUT2D eigenvalue weighted by molar-refractivity contribution is -0.129. The second-order valence-corrected chi connectivity index (χ2v) is 8.53. The standard InChI is InChI=1S/C19H19N3OS2/c1-13(19(23)22-9-5-6-10-22)24-17-15-11-16(14-7-3-2-4-8-14)25-18(15)21-12-20-17/h2-4,7-8,11-13H,5-6,9-10H2,1H3. The van der Waals surface area contributed by atoms with Gasteiger partial charge in [0.15, 0.2) is 0 Å². The van der Waals surface area contributed by atoms with Crippen molar-refractivity contribution >= 4 is 39.2 Å². The van der Waals surface area contributed by atoms with Crippen LogP contribution in [0.15, 0.2) is 47.8 Å². The van der Waals surface area contributed by atoms with E-state index in [0.717, 1.165) is 41.2 Å². The second-order valence-electron chi connectivity index (χ2n) is 6.17. The fraction of sp³-hybridized carbons (Fsp3) is 0.316. The molecule has 1 aliphatic rings. The molecule has 3 aromatic rings. The maximum atomic E-state index is 12.6. The average Bonchev–Trinajstić information content (AvgIpc) is 3.32. The molecule has 0 bridgehead atoms. The Morgan fingerprint density at radius 2 is 1.96 bits per heavy atom. The van der Waals surface area contributed by atoms with E-state index in [9.17, 15) is 4.79 Å². The van der Waals surface area contributed by atoms with E-state index in [-0.39, 0.29) is 11.2 Å². The minimum Gasteiger partial charge on any atom is -0.342 e. The average molecular weight is 370 g/mol. The zero-order valence-electron chi connectivity index (χ0n) is 14.0. The molecule has 1 fully saturated rings. The molecule has 1 aromatic carbocycles.